The third kappa shape index (κ3) is 4.96. The molecule has 0 aliphatic carbocycles. The summed E-state index contributed by atoms with van der Waals surface area (Å²) >= 11 is 5.88. The molecule has 3 aromatic rings. The molecular formula is C23H22ClN3O3. The fraction of sp³-hybridized carbons (Fsp3) is 0.261. The number of hydrogen-bond acceptors (Lipinski definition) is 5. The molecule has 4 rings (SSSR count). The number of carbonyl (C=O) groups excluding carboxylic acids is 2. The van der Waals surface area contributed by atoms with Crippen molar-refractivity contribution in [2.24, 2.45) is 0 Å². The van der Waals surface area contributed by atoms with Gasteiger partial charge in [0.05, 0.1) is 11.1 Å². The third-order valence-electron chi connectivity index (χ3n) is 5.19. The number of fused-ring (bicyclic) bond motifs is 1. The summed E-state index contributed by atoms with van der Waals surface area (Å²) in [5.74, 6) is -0.695. The Morgan fingerprint density at radius 1 is 0.967 bits per heavy atom. The van der Waals surface area contributed by atoms with E-state index in [1.165, 1.54) is 5.56 Å². The van der Waals surface area contributed by atoms with Crippen molar-refractivity contribution in [2.75, 3.05) is 32.8 Å². The van der Waals surface area contributed by atoms with Crippen LogP contribution in [0.25, 0.3) is 10.9 Å². The molecule has 0 radical (unpaired) electrons. The molecule has 0 bridgehead atoms. The van der Waals surface area contributed by atoms with Gasteiger partial charge in [0.2, 0.25) is 0 Å². The topological polar surface area (TPSA) is 62.7 Å². The lowest BCUT2D eigenvalue weighted by Crippen LogP contribution is -2.49. The molecule has 0 saturated carbocycles. The quantitative estimate of drug-likeness (QED) is 0.465. The largest absolute Gasteiger partial charge is 0.452 e. The number of nitrogens with zero attached hydrogens (tertiary/aromatic N) is 3. The molecule has 1 saturated heterocycles. The zero-order valence-electron chi connectivity index (χ0n) is 16.5. The maximum atomic E-state index is 12.5. The van der Waals surface area contributed by atoms with Crippen molar-refractivity contribution in [3.63, 3.8) is 0 Å². The van der Waals surface area contributed by atoms with Gasteiger partial charge in [0.25, 0.3) is 5.91 Å². The Labute approximate surface area is 180 Å². The fourth-order valence-corrected chi connectivity index (χ4v) is 3.68. The molecule has 0 atom stereocenters. The first kappa shape index (κ1) is 20.3. The van der Waals surface area contributed by atoms with Gasteiger partial charge in [-0.15, -0.1) is 0 Å². The Bertz CT molecular complexity index is 1050. The summed E-state index contributed by atoms with van der Waals surface area (Å²) in [6.07, 6.45) is 0. The summed E-state index contributed by atoms with van der Waals surface area (Å²) in [6.45, 7) is 3.48. The average molecular weight is 424 g/mol. The van der Waals surface area contributed by atoms with Gasteiger partial charge in [0, 0.05) is 38.1 Å². The number of hydrogen-bond donors (Lipinski definition) is 0. The van der Waals surface area contributed by atoms with Crippen LogP contribution in [-0.4, -0.2) is 59.4 Å². The van der Waals surface area contributed by atoms with Gasteiger partial charge < -0.3 is 9.64 Å². The van der Waals surface area contributed by atoms with E-state index in [0.717, 1.165) is 25.0 Å². The Balaban J connectivity index is 1.26. The van der Waals surface area contributed by atoms with E-state index in [1.54, 1.807) is 35.2 Å². The van der Waals surface area contributed by atoms with E-state index in [9.17, 15) is 9.59 Å². The number of piperazine rings is 1. The third-order valence-corrected chi connectivity index (χ3v) is 5.40. The number of rotatable bonds is 5. The van der Waals surface area contributed by atoms with Crippen molar-refractivity contribution in [1.29, 1.82) is 0 Å². The monoisotopic (exact) mass is 423 g/mol. The number of pyridine rings is 1. The normalized spacial score (nSPS) is 14.6. The van der Waals surface area contributed by atoms with Gasteiger partial charge in [-0.3, -0.25) is 9.69 Å². The van der Waals surface area contributed by atoms with Crippen molar-refractivity contribution in [3.8, 4) is 0 Å². The molecule has 0 spiro atoms. The second-order valence-electron chi connectivity index (χ2n) is 7.26. The predicted molar refractivity (Wildman–Crippen MR) is 115 cm³/mol. The number of amides is 1. The molecule has 7 heteroatoms. The van der Waals surface area contributed by atoms with E-state index in [4.69, 9.17) is 16.3 Å². The summed E-state index contributed by atoms with van der Waals surface area (Å²) in [5, 5.41) is 1.18. The molecule has 1 aliphatic rings. The van der Waals surface area contributed by atoms with Crippen molar-refractivity contribution < 1.29 is 14.3 Å². The Morgan fingerprint density at radius 3 is 2.50 bits per heavy atom. The second kappa shape index (κ2) is 9.24. The number of benzene rings is 2. The molecule has 1 fully saturated rings. The minimum absolute atomic E-state index is 0.169. The first-order valence-corrected chi connectivity index (χ1v) is 10.2. The zero-order valence-corrected chi connectivity index (χ0v) is 17.2. The lowest BCUT2D eigenvalue weighted by atomic mass is 10.1. The van der Waals surface area contributed by atoms with Gasteiger partial charge in [0.15, 0.2) is 6.61 Å². The van der Waals surface area contributed by atoms with Crippen LogP contribution in [0.2, 0.25) is 5.15 Å². The molecule has 6 nitrogen and oxygen atoms in total. The second-order valence-corrected chi connectivity index (χ2v) is 7.65. The van der Waals surface area contributed by atoms with Crippen LogP contribution in [0.15, 0.2) is 60.7 Å². The zero-order chi connectivity index (χ0) is 20.9. The highest BCUT2D eigenvalue weighted by Crippen LogP contribution is 2.18. The predicted octanol–water partition coefficient (Wildman–Crippen LogP) is 3.39. The number of carbonyl (C=O) groups is 2. The summed E-state index contributed by atoms with van der Waals surface area (Å²) in [5.41, 5.74) is 2.34. The van der Waals surface area contributed by atoms with E-state index in [-0.39, 0.29) is 12.5 Å². The van der Waals surface area contributed by atoms with E-state index in [1.807, 2.05) is 18.2 Å². The summed E-state index contributed by atoms with van der Waals surface area (Å²) in [4.78, 5) is 33.1. The van der Waals surface area contributed by atoms with Crippen LogP contribution in [0.4, 0.5) is 0 Å². The van der Waals surface area contributed by atoms with Gasteiger partial charge in [-0.25, -0.2) is 9.78 Å². The summed E-state index contributed by atoms with van der Waals surface area (Å²) in [6, 6.07) is 18.8. The molecule has 0 unspecified atom stereocenters. The Hall–Kier alpha value is -2.96. The van der Waals surface area contributed by atoms with E-state index >= 15 is 0 Å². The summed E-state index contributed by atoms with van der Waals surface area (Å²) < 4.78 is 5.25. The van der Waals surface area contributed by atoms with Crippen molar-refractivity contribution in [2.45, 2.75) is 6.54 Å². The summed E-state index contributed by atoms with van der Waals surface area (Å²) in [7, 11) is 0. The smallest absolute Gasteiger partial charge is 0.338 e. The van der Waals surface area contributed by atoms with E-state index in [2.05, 4.69) is 22.0 Å². The van der Waals surface area contributed by atoms with Crippen LogP contribution in [0.3, 0.4) is 0 Å². The number of halogens is 1. The van der Waals surface area contributed by atoms with Gasteiger partial charge in [-0.2, -0.15) is 0 Å². The van der Waals surface area contributed by atoms with Crippen LogP contribution in [0, 0.1) is 0 Å². The molecule has 1 aromatic heterocycles. The van der Waals surface area contributed by atoms with E-state index in [0.29, 0.717) is 29.3 Å². The molecule has 0 N–H and O–H groups in total. The van der Waals surface area contributed by atoms with Crippen LogP contribution in [0.1, 0.15) is 15.9 Å². The van der Waals surface area contributed by atoms with Crippen LogP contribution in [-0.2, 0) is 16.1 Å². The van der Waals surface area contributed by atoms with Gasteiger partial charge in [-0.05, 0) is 35.9 Å². The Morgan fingerprint density at radius 2 is 1.73 bits per heavy atom. The number of aromatic nitrogens is 1. The van der Waals surface area contributed by atoms with Crippen molar-refractivity contribution >= 4 is 34.4 Å². The molecule has 2 heterocycles. The highest BCUT2D eigenvalue weighted by Gasteiger charge is 2.22. The Kier molecular flexibility index (Phi) is 6.26. The average Bonchev–Trinajstić information content (AvgIpc) is 2.78. The maximum absolute atomic E-state index is 12.5. The molecule has 1 aliphatic heterocycles. The van der Waals surface area contributed by atoms with Crippen LogP contribution < -0.4 is 0 Å². The number of esters is 1. The number of ether oxygens (including phenoxy) is 1. The van der Waals surface area contributed by atoms with E-state index < -0.39 is 5.97 Å². The van der Waals surface area contributed by atoms with Crippen LogP contribution in [0.5, 0.6) is 0 Å². The lowest BCUT2D eigenvalue weighted by Gasteiger charge is -2.34. The molecule has 154 valence electrons. The maximum Gasteiger partial charge on any atom is 0.338 e. The van der Waals surface area contributed by atoms with Crippen molar-refractivity contribution in [3.05, 3.63) is 76.9 Å². The molecule has 2 aromatic carbocycles. The fourth-order valence-electron chi connectivity index (χ4n) is 3.53. The highest BCUT2D eigenvalue weighted by molar-refractivity contribution is 6.29. The first-order valence-electron chi connectivity index (χ1n) is 9.86. The van der Waals surface area contributed by atoms with Gasteiger partial charge in [0.1, 0.15) is 5.15 Å². The molecular weight excluding hydrogens is 402 g/mol. The van der Waals surface area contributed by atoms with Gasteiger partial charge in [-0.1, -0.05) is 41.9 Å². The van der Waals surface area contributed by atoms with Crippen molar-refractivity contribution in [1.82, 2.24) is 14.8 Å². The standard InChI is InChI=1S/C23H22ClN3O3/c24-21-9-7-18-14-19(6-8-20(18)25-21)23(29)30-16-22(28)27-12-10-26(11-13-27)15-17-4-2-1-3-5-17/h1-9,14H,10-13,15-16H2. The molecule has 30 heavy (non-hydrogen) atoms. The minimum atomic E-state index is -0.525. The lowest BCUT2D eigenvalue weighted by molar-refractivity contribution is -0.136. The highest BCUT2D eigenvalue weighted by atomic mass is 35.5. The first-order chi connectivity index (χ1) is 14.6. The molecule has 1 amide bonds. The van der Waals surface area contributed by atoms with Crippen LogP contribution >= 0.6 is 11.6 Å². The minimum Gasteiger partial charge on any atom is -0.452 e. The van der Waals surface area contributed by atoms with Gasteiger partial charge >= 0.3 is 5.97 Å². The SMILES string of the molecule is O=C(OCC(=O)N1CCN(Cc2ccccc2)CC1)c1ccc2nc(Cl)ccc2c1.